The maximum absolute atomic E-state index is 12.4. The number of hydrogen-bond acceptors (Lipinski definition) is 3. The van der Waals surface area contributed by atoms with E-state index < -0.39 is 0 Å². The lowest BCUT2D eigenvalue weighted by Gasteiger charge is -2.29. The van der Waals surface area contributed by atoms with Crippen molar-refractivity contribution in [3.05, 3.63) is 22.7 Å². The molecular formula is C16H20ClNO3. The summed E-state index contributed by atoms with van der Waals surface area (Å²) in [5.74, 6) is 1.52. The Bertz CT molecular complexity index is 547. The SMILES string of the molecule is C[C@@H]1CCCC[C@H]1NC(=O)c1cc(Cl)c2c(c1)OCCO2. The zero-order valence-electron chi connectivity index (χ0n) is 12.2. The van der Waals surface area contributed by atoms with Crippen LogP contribution in [0.15, 0.2) is 12.1 Å². The molecule has 1 N–H and O–H groups in total. The van der Waals surface area contributed by atoms with Gasteiger partial charge in [-0.1, -0.05) is 31.4 Å². The summed E-state index contributed by atoms with van der Waals surface area (Å²) >= 11 is 6.18. The molecule has 1 aromatic rings. The summed E-state index contributed by atoms with van der Waals surface area (Å²) in [6.45, 7) is 3.16. The lowest BCUT2D eigenvalue weighted by molar-refractivity contribution is 0.0909. The van der Waals surface area contributed by atoms with Crippen LogP contribution in [-0.4, -0.2) is 25.2 Å². The van der Waals surface area contributed by atoms with Crippen molar-refractivity contribution in [3.63, 3.8) is 0 Å². The Morgan fingerprint density at radius 1 is 1.24 bits per heavy atom. The molecule has 1 aliphatic carbocycles. The number of ether oxygens (including phenoxy) is 2. The largest absolute Gasteiger partial charge is 0.486 e. The van der Waals surface area contributed by atoms with Gasteiger partial charge in [0.25, 0.3) is 5.91 Å². The van der Waals surface area contributed by atoms with Gasteiger partial charge in [0.15, 0.2) is 11.5 Å². The maximum Gasteiger partial charge on any atom is 0.251 e. The van der Waals surface area contributed by atoms with Crippen molar-refractivity contribution >= 4 is 17.5 Å². The minimum atomic E-state index is -0.0902. The molecule has 5 heteroatoms. The number of benzene rings is 1. The molecule has 1 aliphatic heterocycles. The Morgan fingerprint density at radius 2 is 2.00 bits per heavy atom. The molecule has 0 radical (unpaired) electrons. The van der Waals surface area contributed by atoms with Gasteiger partial charge in [-0.2, -0.15) is 0 Å². The normalized spacial score (nSPS) is 24.5. The average molecular weight is 310 g/mol. The molecule has 1 fully saturated rings. The lowest BCUT2D eigenvalue weighted by Crippen LogP contribution is -2.41. The molecule has 2 aliphatic rings. The summed E-state index contributed by atoms with van der Waals surface area (Å²) in [5, 5.41) is 3.55. The van der Waals surface area contributed by atoms with E-state index in [0.717, 1.165) is 6.42 Å². The van der Waals surface area contributed by atoms with Gasteiger partial charge in [0.05, 0.1) is 5.02 Å². The van der Waals surface area contributed by atoms with Crippen molar-refractivity contribution in [2.45, 2.75) is 38.6 Å². The number of carbonyl (C=O) groups excluding carboxylic acids is 1. The van der Waals surface area contributed by atoms with Gasteiger partial charge in [-0.25, -0.2) is 0 Å². The molecule has 4 nitrogen and oxygen atoms in total. The van der Waals surface area contributed by atoms with Gasteiger partial charge in [-0.05, 0) is 30.9 Å². The van der Waals surface area contributed by atoms with Crippen LogP contribution < -0.4 is 14.8 Å². The quantitative estimate of drug-likeness (QED) is 0.910. The molecule has 1 aromatic carbocycles. The van der Waals surface area contributed by atoms with E-state index in [-0.39, 0.29) is 11.9 Å². The first-order chi connectivity index (χ1) is 10.1. The molecular weight excluding hydrogens is 290 g/mol. The number of rotatable bonds is 2. The predicted molar refractivity (Wildman–Crippen MR) is 81.3 cm³/mol. The van der Waals surface area contributed by atoms with E-state index >= 15 is 0 Å². The topological polar surface area (TPSA) is 47.6 Å². The molecule has 2 atom stereocenters. The lowest BCUT2D eigenvalue weighted by atomic mass is 9.86. The minimum absolute atomic E-state index is 0.0902. The van der Waals surface area contributed by atoms with Gasteiger partial charge in [0.2, 0.25) is 0 Å². The Labute approximate surface area is 129 Å². The number of amides is 1. The maximum atomic E-state index is 12.4. The third-order valence-corrected chi connectivity index (χ3v) is 4.57. The third-order valence-electron chi connectivity index (χ3n) is 4.29. The fourth-order valence-corrected chi connectivity index (χ4v) is 3.29. The molecule has 114 valence electrons. The van der Waals surface area contributed by atoms with Crippen molar-refractivity contribution in [2.24, 2.45) is 5.92 Å². The highest BCUT2D eigenvalue weighted by atomic mass is 35.5. The van der Waals surface area contributed by atoms with E-state index in [9.17, 15) is 4.79 Å². The molecule has 1 saturated carbocycles. The van der Waals surface area contributed by atoms with E-state index in [1.807, 2.05) is 0 Å². The van der Waals surface area contributed by atoms with Crippen LogP contribution in [0.3, 0.4) is 0 Å². The summed E-state index contributed by atoms with van der Waals surface area (Å²) in [4.78, 5) is 12.4. The summed E-state index contributed by atoms with van der Waals surface area (Å²) in [7, 11) is 0. The van der Waals surface area contributed by atoms with E-state index in [4.69, 9.17) is 21.1 Å². The third kappa shape index (κ3) is 3.10. The van der Waals surface area contributed by atoms with E-state index in [0.29, 0.717) is 41.2 Å². The highest BCUT2D eigenvalue weighted by Gasteiger charge is 2.25. The van der Waals surface area contributed by atoms with Crippen molar-refractivity contribution < 1.29 is 14.3 Å². The second kappa shape index (κ2) is 6.14. The van der Waals surface area contributed by atoms with Crippen molar-refractivity contribution in [2.75, 3.05) is 13.2 Å². The molecule has 0 spiro atoms. The molecule has 0 aromatic heterocycles. The summed E-state index contributed by atoms with van der Waals surface area (Å²) < 4.78 is 11.0. The second-order valence-corrected chi connectivity index (χ2v) is 6.23. The van der Waals surface area contributed by atoms with E-state index in [2.05, 4.69) is 12.2 Å². The Kier molecular flexibility index (Phi) is 4.24. The highest BCUT2D eigenvalue weighted by molar-refractivity contribution is 6.32. The number of carbonyl (C=O) groups is 1. The monoisotopic (exact) mass is 309 g/mol. The molecule has 21 heavy (non-hydrogen) atoms. The van der Waals surface area contributed by atoms with Crippen LogP contribution in [0.2, 0.25) is 5.02 Å². The molecule has 1 heterocycles. The van der Waals surface area contributed by atoms with Crippen LogP contribution in [0.4, 0.5) is 0 Å². The number of halogens is 1. The minimum Gasteiger partial charge on any atom is -0.486 e. The van der Waals surface area contributed by atoms with Crippen LogP contribution in [0.5, 0.6) is 11.5 Å². The highest BCUT2D eigenvalue weighted by Crippen LogP contribution is 2.38. The predicted octanol–water partition coefficient (Wildman–Crippen LogP) is 3.42. The molecule has 3 rings (SSSR count). The van der Waals surface area contributed by atoms with Gasteiger partial charge in [-0.3, -0.25) is 4.79 Å². The smallest absolute Gasteiger partial charge is 0.251 e. The second-order valence-electron chi connectivity index (χ2n) is 5.82. The first kappa shape index (κ1) is 14.5. The van der Waals surface area contributed by atoms with Gasteiger partial charge < -0.3 is 14.8 Å². The van der Waals surface area contributed by atoms with Crippen LogP contribution in [0, 0.1) is 5.92 Å². The van der Waals surface area contributed by atoms with Crippen molar-refractivity contribution in [1.82, 2.24) is 5.32 Å². The van der Waals surface area contributed by atoms with E-state index in [1.165, 1.54) is 19.3 Å². The first-order valence-corrected chi connectivity index (χ1v) is 7.93. The number of nitrogens with one attached hydrogen (secondary N) is 1. The van der Waals surface area contributed by atoms with Crippen LogP contribution in [-0.2, 0) is 0 Å². The van der Waals surface area contributed by atoms with Gasteiger partial charge in [0, 0.05) is 11.6 Å². The average Bonchev–Trinajstić information content (AvgIpc) is 2.49. The number of hydrogen-bond donors (Lipinski definition) is 1. The zero-order chi connectivity index (χ0) is 14.8. The Balaban J connectivity index is 1.76. The number of fused-ring (bicyclic) bond motifs is 1. The van der Waals surface area contributed by atoms with Crippen molar-refractivity contribution in [3.8, 4) is 11.5 Å². The fraction of sp³-hybridized carbons (Fsp3) is 0.562. The van der Waals surface area contributed by atoms with Crippen molar-refractivity contribution in [1.29, 1.82) is 0 Å². The van der Waals surface area contributed by atoms with Crippen LogP contribution in [0.1, 0.15) is 43.0 Å². The summed E-state index contributed by atoms with van der Waals surface area (Å²) in [6.07, 6.45) is 4.65. The standard InChI is InChI=1S/C16H20ClNO3/c1-10-4-2-3-5-13(10)18-16(19)11-8-12(17)15-14(9-11)20-6-7-21-15/h8-10,13H,2-7H2,1H3,(H,18,19)/t10-,13-/m1/s1. The molecule has 0 bridgehead atoms. The first-order valence-electron chi connectivity index (χ1n) is 7.55. The Morgan fingerprint density at radius 3 is 2.81 bits per heavy atom. The summed E-state index contributed by atoms with van der Waals surface area (Å²) in [5.41, 5.74) is 0.530. The fourth-order valence-electron chi connectivity index (χ4n) is 3.02. The molecule has 1 amide bonds. The van der Waals surface area contributed by atoms with Gasteiger partial charge in [-0.15, -0.1) is 0 Å². The van der Waals surface area contributed by atoms with Crippen LogP contribution in [0.25, 0.3) is 0 Å². The Hall–Kier alpha value is -1.42. The van der Waals surface area contributed by atoms with Gasteiger partial charge >= 0.3 is 0 Å². The zero-order valence-corrected chi connectivity index (χ0v) is 12.9. The summed E-state index contributed by atoms with van der Waals surface area (Å²) in [6, 6.07) is 3.61. The van der Waals surface area contributed by atoms with Crippen LogP contribution >= 0.6 is 11.6 Å². The molecule has 0 saturated heterocycles. The van der Waals surface area contributed by atoms with E-state index in [1.54, 1.807) is 12.1 Å². The molecule has 0 unspecified atom stereocenters. The van der Waals surface area contributed by atoms with Gasteiger partial charge in [0.1, 0.15) is 13.2 Å².